The maximum atomic E-state index is 12.5. The number of allylic oxidation sites excluding steroid dienone is 1. The number of alkyl halides is 4. The van der Waals surface area contributed by atoms with E-state index in [1.54, 1.807) is 6.08 Å². The molecule has 1 aliphatic rings. The summed E-state index contributed by atoms with van der Waals surface area (Å²) in [5.41, 5.74) is 0. The summed E-state index contributed by atoms with van der Waals surface area (Å²) in [6.45, 7) is -0.959. The van der Waals surface area contributed by atoms with Gasteiger partial charge in [-0.1, -0.05) is 12.2 Å². The molecule has 0 heterocycles. The van der Waals surface area contributed by atoms with Gasteiger partial charge < -0.3 is 5.32 Å². The van der Waals surface area contributed by atoms with Crippen molar-refractivity contribution in [3.05, 3.63) is 12.2 Å². The predicted molar refractivity (Wildman–Crippen MR) is 45.7 cm³/mol. The lowest BCUT2D eigenvalue weighted by Crippen LogP contribution is -2.43. The summed E-state index contributed by atoms with van der Waals surface area (Å²) in [6.07, 6.45) is 2.61. The van der Waals surface area contributed by atoms with Crippen LogP contribution < -0.4 is 5.32 Å². The van der Waals surface area contributed by atoms with E-state index in [-0.39, 0.29) is 6.04 Å². The first-order chi connectivity index (χ1) is 6.52. The van der Waals surface area contributed by atoms with Crippen molar-refractivity contribution in [1.82, 2.24) is 5.32 Å². The lowest BCUT2D eigenvalue weighted by atomic mass is 10.0. The average molecular weight is 211 g/mol. The van der Waals surface area contributed by atoms with Crippen LogP contribution in [0.1, 0.15) is 19.3 Å². The first-order valence-corrected chi connectivity index (χ1v) is 4.58. The Labute approximate surface area is 80.2 Å². The summed E-state index contributed by atoms with van der Waals surface area (Å²) in [5.74, 6) is -3.93. The van der Waals surface area contributed by atoms with E-state index in [0.717, 1.165) is 19.3 Å². The minimum atomic E-state index is -3.93. The summed E-state index contributed by atoms with van der Waals surface area (Å²) >= 11 is 0. The highest BCUT2D eigenvalue weighted by Crippen LogP contribution is 2.22. The lowest BCUT2D eigenvalue weighted by Gasteiger charge is -2.22. The highest BCUT2D eigenvalue weighted by Gasteiger charge is 2.40. The van der Waals surface area contributed by atoms with Crippen LogP contribution in [0.5, 0.6) is 0 Å². The van der Waals surface area contributed by atoms with E-state index in [4.69, 9.17) is 0 Å². The fourth-order valence-corrected chi connectivity index (χ4v) is 1.33. The van der Waals surface area contributed by atoms with E-state index < -0.39 is 18.9 Å². The standard InChI is InChI=1S/C9H13F4N/c10-8(11)9(12,13)6-14-7-4-2-1-3-5-7/h2,4,7-8,14H,1,3,5-6H2. The summed E-state index contributed by atoms with van der Waals surface area (Å²) < 4.78 is 48.4. The third-order valence-electron chi connectivity index (χ3n) is 2.17. The second kappa shape index (κ2) is 4.77. The maximum Gasteiger partial charge on any atom is 0.319 e. The van der Waals surface area contributed by atoms with Crippen LogP contribution >= 0.6 is 0 Å². The van der Waals surface area contributed by atoms with Crippen LogP contribution in [0.25, 0.3) is 0 Å². The van der Waals surface area contributed by atoms with Crippen molar-refractivity contribution in [2.45, 2.75) is 37.7 Å². The van der Waals surface area contributed by atoms with Crippen molar-refractivity contribution in [3.63, 3.8) is 0 Å². The van der Waals surface area contributed by atoms with Gasteiger partial charge in [-0.25, -0.2) is 8.78 Å². The van der Waals surface area contributed by atoms with Crippen LogP contribution in [-0.4, -0.2) is 24.9 Å². The second-order valence-electron chi connectivity index (χ2n) is 3.41. The minimum absolute atomic E-state index is 0.187. The van der Waals surface area contributed by atoms with Gasteiger partial charge in [-0.05, 0) is 19.3 Å². The fourth-order valence-electron chi connectivity index (χ4n) is 1.33. The molecule has 0 saturated heterocycles. The average Bonchev–Trinajstić information content (AvgIpc) is 2.16. The van der Waals surface area contributed by atoms with Gasteiger partial charge in [-0.3, -0.25) is 0 Å². The lowest BCUT2D eigenvalue weighted by molar-refractivity contribution is -0.125. The Morgan fingerprint density at radius 3 is 2.64 bits per heavy atom. The Kier molecular flexibility index (Phi) is 3.92. The van der Waals surface area contributed by atoms with Crippen molar-refractivity contribution in [1.29, 1.82) is 0 Å². The molecule has 1 nitrogen and oxygen atoms in total. The maximum absolute atomic E-state index is 12.5. The van der Waals surface area contributed by atoms with E-state index in [9.17, 15) is 17.6 Å². The van der Waals surface area contributed by atoms with Crippen LogP contribution in [0.4, 0.5) is 17.6 Å². The Bertz CT molecular complexity index is 203. The Morgan fingerprint density at radius 1 is 1.43 bits per heavy atom. The van der Waals surface area contributed by atoms with Gasteiger partial charge >= 0.3 is 12.3 Å². The van der Waals surface area contributed by atoms with Crippen molar-refractivity contribution in [2.75, 3.05) is 6.54 Å². The van der Waals surface area contributed by atoms with E-state index in [2.05, 4.69) is 5.32 Å². The Hall–Kier alpha value is -0.580. The van der Waals surface area contributed by atoms with Gasteiger partial charge in [0, 0.05) is 6.04 Å². The molecule has 1 atom stereocenters. The van der Waals surface area contributed by atoms with Gasteiger partial charge in [0.25, 0.3) is 0 Å². The quantitative estimate of drug-likeness (QED) is 0.556. The van der Waals surface area contributed by atoms with Crippen molar-refractivity contribution in [3.8, 4) is 0 Å². The highest BCUT2D eigenvalue weighted by molar-refractivity contribution is 4.98. The molecule has 0 fully saturated rings. The summed E-state index contributed by atoms with van der Waals surface area (Å²) in [7, 11) is 0. The van der Waals surface area contributed by atoms with Crippen molar-refractivity contribution >= 4 is 0 Å². The molecule has 0 aliphatic heterocycles. The molecule has 0 aromatic rings. The summed E-state index contributed by atoms with van der Waals surface area (Å²) in [5, 5.41) is 2.43. The molecular weight excluding hydrogens is 198 g/mol. The molecule has 0 radical (unpaired) electrons. The molecule has 0 aromatic carbocycles. The van der Waals surface area contributed by atoms with Gasteiger partial charge in [-0.2, -0.15) is 8.78 Å². The molecule has 5 heteroatoms. The van der Waals surface area contributed by atoms with Crippen LogP contribution in [0.15, 0.2) is 12.2 Å². The molecule has 1 rings (SSSR count). The molecule has 1 unspecified atom stereocenters. The highest BCUT2D eigenvalue weighted by atomic mass is 19.3. The van der Waals surface area contributed by atoms with Crippen molar-refractivity contribution in [2.24, 2.45) is 0 Å². The van der Waals surface area contributed by atoms with Gasteiger partial charge in [0.05, 0.1) is 6.54 Å². The molecular formula is C9H13F4N. The molecule has 0 bridgehead atoms. The molecule has 0 amide bonds. The van der Waals surface area contributed by atoms with Crippen LogP contribution in [-0.2, 0) is 0 Å². The molecule has 1 aliphatic carbocycles. The molecule has 0 spiro atoms. The van der Waals surface area contributed by atoms with E-state index >= 15 is 0 Å². The normalized spacial score (nSPS) is 23.1. The molecule has 82 valence electrons. The van der Waals surface area contributed by atoms with Crippen LogP contribution in [0.3, 0.4) is 0 Å². The van der Waals surface area contributed by atoms with Crippen molar-refractivity contribution < 1.29 is 17.6 Å². The number of halogens is 4. The molecule has 0 aromatic heterocycles. The van der Waals surface area contributed by atoms with E-state index in [1.807, 2.05) is 6.08 Å². The number of hydrogen-bond acceptors (Lipinski definition) is 1. The molecule has 14 heavy (non-hydrogen) atoms. The van der Waals surface area contributed by atoms with E-state index in [1.165, 1.54) is 0 Å². The second-order valence-corrected chi connectivity index (χ2v) is 3.41. The fraction of sp³-hybridized carbons (Fsp3) is 0.778. The number of rotatable bonds is 4. The molecule has 1 N–H and O–H groups in total. The Morgan fingerprint density at radius 2 is 2.14 bits per heavy atom. The number of nitrogens with one attached hydrogen (secondary N) is 1. The zero-order valence-electron chi connectivity index (χ0n) is 7.65. The minimum Gasteiger partial charge on any atom is -0.305 e. The van der Waals surface area contributed by atoms with Crippen LogP contribution in [0.2, 0.25) is 0 Å². The monoisotopic (exact) mass is 211 g/mol. The Balaban J connectivity index is 2.32. The number of hydrogen-bond donors (Lipinski definition) is 1. The van der Waals surface area contributed by atoms with Gasteiger partial charge in [-0.15, -0.1) is 0 Å². The topological polar surface area (TPSA) is 12.0 Å². The third kappa shape index (κ3) is 3.29. The van der Waals surface area contributed by atoms with E-state index in [0.29, 0.717) is 0 Å². The zero-order valence-corrected chi connectivity index (χ0v) is 7.65. The summed E-state index contributed by atoms with van der Waals surface area (Å²) in [6, 6.07) is -0.187. The summed E-state index contributed by atoms with van der Waals surface area (Å²) in [4.78, 5) is 0. The van der Waals surface area contributed by atoms with Gasteiger partial charge in [0.2, 0.25) is 0 Å². The third-order valence-corrected chi connectivity index (χ3v) is 2.17. The molecule has 0 saturated carbocycles. The van der Waals surface area contributed by atoms with Crippen LogP contribution in [0, 0.1) is 0 Å². The largest absolute Gasteiger partial charge is 0.319 e. The van der Waals surface area contributed by atoms with Gasteiger partial charge in [0.1, 0.15) is 0 Å². The smallest absolute Gasteiger partial charge is 0.305 e. The first-order valence-electron chi connectivity index (χ1n) is 4.58. The van der Waals surface area contributed by atoms with Gasteiger partial charge in [0.15, 0.2) is 0 Å². The zero-order chi connectivity index (χ0) is 10.6. The predicted octanol–water partition coefficient (Wildman–Crippen LogP) is 2.59. The SMILES string of the molecule is FC(F)C(F)(F)CNC1C=CCCC1. The first kappa shape index (κ1) is 11.5.